The maximum Gasteiger partial charge on any atom is 0.330 e. The molecule has 0 aliphatic rings. The Kier molecular flexibility index (Phi) is 5.24. The molecule has 34 heavy (non-hydrogen) atoms. The van der Waals surface area contributed by atoms with Crippen LogP contribution >= 0.6 is 0 Å². The molecule has 172 valence electrons. The first-order valence-electron chi connectivity index (χ1n) is 11.2. The normalized spacial score (nSPS) is 12.4. The van der Waals surface area contributed by atoms with Crippen molar-refractivity contribution >= 4 is 33.6 Å². The second kappa shape index (κ2) is 8.26. The Labute approximate surface area is 196 Å². The maximum atomic E-state index is 13.9. The smallest absolute Gasteiger partial charge is 0.330 e. The van der Waals surface area contributed by atoms with Crippen molar-refractivity contribution in [3.8, 4) is 0 Å². The van der Waals surface area contributed by atoms with Gasteiger partial charge in [0.1, 0.15) is 0 Å². The summed E-state index contributed by atoms with van der Waals surface area (Å²) in [5.41, 5.74) is 11.7. The van der Waals surface area contributed by atoms with Crippen LogP contribution in [0.1, 0.15) is 29.2 Å². The lowest BCUT2D eigenvalue weighted by molar-refractivity contribution is -0.137. The zero-order chi connectivity index (χ0) is 24.0. The van der Waals surface area contributed by atoms with Gasteiger partial charge in [-0.15, -0.1) is 0 Å². The SMILES string of the molecule is Cc1cccc2c1c(Cn1c(=O)n([C@H](CC(=O)O)c3ccccc3)c3cc(N)ccc31)cn2C. The van der Waals surface area contributed by atoms with Crippen LogP contribution in [-0.4, -0.2) is 24.8 Å². The summed E-state index contributed by atoms with van der Waals surface area (Å²) >= 11 is 0. The zero-order valence-electron chi connectivity index (χ0n) is 19.1. The number of carboxylic acids is 1. The highest BCUT2D eigenvalue weighted by Crippen LogP contribution is 2.29. The highest BCUT2D eigenvalue weighted by molar-refractivity contribution is 5.87. The summed E-state index contributed by atoms with van der Waals surface area (Å²) in [4.78, 5) is 25.7. The highest BCUT2D eigenvalue weighted by atomic mass is 16.4. The van der Waals surface area contributed by atoms with Crippen LogP contribution in [-0.2, 0) is 18.4 Å². The number of hydrogen-bond donors (Lipinski definition) is 2. The number of aryl methyl sites for hydroxylation is 2. The quantitative estimate of drug-likeness (QED) is 0.374. The Morgan fingerprint density at radius 2 is 1.76 bits per heavy atom. The fourth-order valence-corrected chi connectivity index (χ4v) is 4.97. The second-order valence-corrected chi connectivity index (χ2v) is 8.75. The topological polar surface area (TPSA) is 95.2 Å². The van der Waals surface area contributed by atoms with E-state index in [0.29, 0.717) is 17.7 Å². The molecule has 3 N–H and O–H groups in total. The van der Waals surface area contributed by atoms with Crippen molar-refractivity contribution in [2.45, 2.75) is 25.9 Å². The molecule has 7 heteroatoms. The van der Waals surface area contributed by atoms with E-state index in [1.54, 1.807) is 21.3 Å². The van der Waals surface area contributed by atoms with E-state index in [2.05, 4.69) is 29.8 Å². The van der Waals surface area contributed by atoms with Crippen molar-refractivity contribution in [1.82, 2.24) is 13.7 Å². The van der Waals surface area contributed by atoms with Gasteiger partial charge in [0.25, 0.3) is 0 Å². The molecule has 7 nitrogen and oxygen atoms in total. The van der Waals surface area contributed by atoms with E-state index >= 15 is 0 Å². The lowest BCUT2D eigenvalue weighted by Crippen LogP contribution is -2.29. The molecule has 0 amide bonds. The Bertz CT molecular complexity index is 1590. The molecule has 0 aliphatic carbocycles. The Morgan fingerprint density at radius 3 is 2.50 bits per heavy atom. The highest BCUT2D eigenvalue weighted by Gasteiger charge is 2.25. The van der Waals surface area contributed by atoms with E-state index in [-0.39, 0.29) is 12.1 Å². The molecular weight excluding hydrogens is 428 g/mol. The van der Waals surface area contributed by atoms with Gasteiger partial charge in [-0.25, -0.2) is 4.79 Å². The van der Waals surface area contributed by atoms with Crippen molar-refractivity contribution < 1.29 is 9.90 Å². The van der Waals surface area contributed by atoms with Crippen LogP contribution in [0.2, 0.25) is 0 Å². The van der Waals surface area contributed by atoms with Gasteiger partial charge < -0.3 is 15.4 Å². The molecule has 0 radical (unpaired) electrons. The van der Waals surface area contributed by atoms with Gasteiger partial charge in [-0.05, 0) is 47.9 Å². The number of fused-ring (bicyclic) bond motifs is 2. The zero-order valence-corrected chi connectivity index (χ0v) is 19.1. The third kappa shape index (κ3) is 3.55. The summed E-state index contributed by atoms with van der Waals surface area (Å²) in [6.45, 7) is 2.43. The number of hydrogen-bond acceptors (Lipinski definition) is 3. The van der Waals surface area contributed by atoms with Gasteiger partial charge in [0.05, 0.1) is 30.0 Å². The lowest BCUT2D eigenvalue weighted by atomic mass is 10.0. The minimum absolute atomic E-state index is 0.217. The molecule has 0 aliphatic heterocycles. The molecular formula is C27H26N4O3. The number of carboxylic acid groups (broad SMARTS) is 1. The van der Waals surface area contributed by atoms with E-state index in [9.17, 15) is 14.7 Å². The predicted octanol–water partition coefficient (Wildman–Crippen LogP) is 4.30. The average molecular weight is 455 g/mol. The molecule has 1 atom stereocenters. The predicted molar refractivity (Wildman–Crippen MR) is 134 cm³/mol. The standard InChI is InChI=1S/C27H26N4O3/c1-17-7-6-10-22-26(17)19(15-29(22)2)16-30-21-12-11-20(28)13-24(21)31(27(30)34)23(14-25(32)33)18-8-4-3-5-9-18/h3-13,15,23H,14,16,28H2,1-2H3,(H,32,33)/t23-/m1/s1. The first kappa shape index (κ1) is 21.6. The van der Waals surface area contributed by atoms with Crippen LogP contribution < -0.4 is 11.4 Å². The first-order valence-corrected chi connectivity index (χ1v) is 11.2. The number of nitrogen functional groups attached to an aromatic ring is 1. The van der Waals surface area contributed by atoms with Gasteiger partial charge in [0, 0.05) is 29.8 Å². The van der Waals surface area contributed by atoms with E-state index in [0.717, 1.165) is 33.1 Å². The number of aromatic nitrogens is 3. The Hall–Kier alpha value is -4.26. The number of carbonyl (C=O) groups is 1. The number of aliphatic carboxylic acids is 1. The fourth-order valence-electron chi connectivity index (χ4n) is 4.97. The van der Waals surface area contributed by atoms with Gasteiger partial charge in [-0.2, -0.15) is 0 Å². The van der Waals surface area contributed by atoms with E-state index < -0.39 is 12.0 Å². The minimum atomic E-state index is -0.977. The molecule has 5 aromatic rings. The van der Waals surface area contributed by atoms with Gasteiger partial charge in [-0.3, -0.25) is 13.9 Å². The fraction of sp³-hybridized carbons (Fsp3) is 0.185. The van der Waals surface area contributed by atoms with E-state index in [4.69, 9.17) is 5.73 Å². The molecule has 2 aromatic heterocycles. The van der Waals surface area contributed by atoms with Crippen LogP contribution in [0.15, 0.2) is 77.7 Å². The van der Waals surface area contributed by atoms with Crippen molar-refractivity contribution in [2.24, 2.45) is 7.05 Å². The number of benzene rings is 3. The molecule has 2 heterocycles. The summed E-state index contributed by atoms with van der Waals surface area (Å²) < 4.78 is 5.36. The lowest BCUT2D eigenvalue weighted by Gasteiger charge is -2.17. The van der Waals surface area contributed by atoms with Gasteiger partial charge in [-0.1, -0.05) is 42.5 Å². The summed E-state index contributed by atoms with van der Waals surface area (Å²) in [5, 5.41) is 10.8. The van der Waals surface area contributed by atoms with Crippen molar-refractivity contribution in [1.29, 1.82) is 0 Å². The summed E-state index contributed by atoms with van der Waals surface area (Å²) in [6.07, 6.45) is 1.84. The number of rotatable bonds is 6. The van der Waals surface area contributed by atoms with Crippen molar-refractivity contribution in [3.63, 3.8) is 0 Å². The molecule has 3 aromatic carbocycles. The Morgan fingerprint density at radius 1 is 1.00 bits per heavy atom. The molecule has 0 bridgehead atoms. The maximum absolute atomic E-state index is 13.9. The number of anilines is 1. The van der Waals surface area contributed by atoms with Gasteiger partial charge in [0.2, 0.25) is 0 Å². The molecule has 0 spiro atoms. The summed E-state index contributed by atoms with van der Waals surface area (Å²) in [7, 11) is 2.00. The Balaban J connectivity index is 1.75. The monoisotopic (exact) mass is 454 g/mol. The molecule has 0 fully saturated rings. The van der Waals surface area contributed by atoms with Crippen LogP contribution in [0.25, 0.3) is 21.9 Å². The van der Waals surface area contributed by atoms with Crippen molar-refractivity contribution in [2.75, 3.05) is 5.73 Å². The second-order valence-electron chi connectivity index (χ2n) is 8.75. The van der Waals surface area contributed by atoms with E-state index in [1.165, 1.54) is 0 Å². The van der Waals surface area contributed by atoms with Crippen LogP contribution in [0, 0.1) is 6.92 Å². The number of nitrogens with zero attached hydrogens (tertiary/aromatic N) is 3. The number of nitrogens with two attached hydrogens (primary N) is 1. The van der Waals surface area contributed by atoms with Gasteiger partial charge >= 0.3 is 11.7 Å². The summed E-state index contributed by atoms with van der Waals surface area (Å²) in [6, 6.07) is 20.1. The molecule has 0 unspecified atom stereocenters. The third-order valence-corrected chi connectivity index (χ3v) is 6.48. The molecule has 0 saturated carbocycles. The van der Waals surface area contributed by atoms with Crippen LogP contribution in [0.5, 0.6) is 0 Å². The average Bonchev–Trinajstić information content (AvgIpc) is 3.27. The summed E-state index contributed by atoms with van der Waals surface area (Å²) in [5.74, 6) is -0.977. The van der Waals surface area contributed by atoms with E-state index in [1.807, 2.05) is 49.5 Å². The first-order chi connectivity index (χ1) is 16.3. The number of imidazole rings is 1. The van der Waals surface area contributed by atoms with Crippen molar-refractivity contribution in [3.05, 3.63) is 100 Å². The molecule has 0 saturated heterocycles. The minimum Gasteiger partial charge on any atom is -0.481 e. The largest absolute Gasteiger partial charge is 0.481 e. The molecule has 5 rings (SSSR count). The van der Waals surface area contributed by atoms with Gasteiger partial charge in [0.15, 0.2) is 0 Å². The van der Waals surface area contributed by atoms with Crippen LogP contribution in [0.3, 0.4) is 0 Å². The third-order valence-electron chi connectivity index (χ3n) is 6.48. The van der Waals surface area contributed by atoms with Crippen LogP contribution in [0.4, 0.5) is 5.69 Å².